The molecule has 3 N–H and O–H groups in total. The van der Waals surface area contributed by atoms with Gasteiger partial charge in [-0.2, -0.15) is 5.10 Å². The van der Waals surface area contributed by atoms with E-state index in [9.17, 15) is 13.2 Å². The standard InChI is InChI=1S/C15H18N4O3S/c1-10-8-13(9-17-18-12(3)20)11(2)19(10)14-4-6-15(7-5-14)23(16,21)22/h4-9H,1-3H3,(H,18,20)(H2,16,21,22)/b17-9-. The number of benzene rings is 1. The highest BCUT2D eigenvalue weighted by Gasteiger charge is 2.11. The van der Waals surface area contributed by atoms with Crippen LogP contribution < -0.4 is 10.6 Å². The maximum absolute atomic E-state index is 11.3. The van der Waals surface area contributed by atoms with Crippen LogP contribution in [0.4, 0.5) is 0 Å². The molecule has 2 aromatic rings. The first kappa shape index (κ1) is 16.9. The third-order valence-electron chi connectivity index (χ3n) is 3.32. The van der Waals surface area contributed by atoms with Crippen LogP contribution >= 0.6 is 0 Å². The topological polar surface area (TPSA) is 107 Å². The van der Waals surface area contributed by atoms with Gasteiger partial charge in [0.1, 0.15) is 0 Å². The Labute approximate surface area is 134 Å². The van der Waals surface area contributed by atoms with Gasteiger partial charge in [-0.15, -0.1) is 0 Å². The molecule has 1 heterocycles. The van der Waals surface area contributed by atoms with Crippen molar-refractivity contribution >= 4 is 22.1 Å². The molecule has 23 heavy (non-hydrogen) atoms. The molecule has 0 fully saturated rings. The Morgan fingerprint density at radius 2 is 1.87 bits per heavy atom. The van der Waals surface area contributed by atoms with E-state index in [1.54, 1.807) is 18.3 Å². The Kier molecular flexibility index (Phi) is 4.67. The third-order valence-corrected chi connectivity index (χ3v) is 4.25. The van der Waals surface area contributed by atoms with E-state index in [1.807, 2.05) is 24.5 Å². The van der Waals surface area contributed by atoms with Crippen LogP contribution in [0.1, 0.15) is 23.9 Å². The molecule has 0 atom stereocenters. The van der Waals surface area contributed by atoms with Crippen molar-refractivity contribution in [1.29, 1.82) is 0 Å². The summed E-state index contributed by atoms with van der Waals surface area (Å²) in [5.74, 6) is -0.242. The van der Waals surface area contributed by atoms with Gasteiger partial charge in [0.25, 0.3) is 0 Å². The number of carbonyl (C=O) groups is 1. The molecule has 1 aromatic heterocycles. The highest BCUT2D eigenvalue weighted by molar-refractivity contribution is 7.89. The molecule has 2 rings (SSSR count). The number of nitrogens with zero attached hydrogens (tertiary/aromatic N) is 2. The zero-order chi connectivity index (χ0) is 17.2. The van der Waals surface area contributed by atoms with Crippen LogP contribution in [0, 0.1) is 13.8 Å². The lowest BCUT2D eigenvalue weighted by molar-refractivity contribution is -0.118. The van der Waals surface area contributed by atoms with Crippen LogP contribution in [0.15, 0.2) is 40.3 Å². The molecule has 0 saturated heterocycles. The Bertz CT molecular complexity index is 865. The predicted octanol–water partition coefficient (Wildman–Crippen LogP) is 1.21. The molecule has 0 bridgehead atoms. The first-order chi connectivity index (χ1) is 10.7. The molecule has 0 aliphatic heterocycles. The summed E-state index contributed by atoms with van der Waals surface area (Å²) in [4.78, 5) is 10.9. The number of nitrogens with one attached hydrogen (secondary N) is 1. The molecule has 0 radical (unpaired) electrons. The summed E-state index contributed by atoms with van der Waals surface area (Å²) >= 11 is 0. The molecule has 0 aliphatic carbocycles. The van der Waals surface area contributed by atoms with Crippen molar-refractivity contribution in [2.24, 2.45) is 10.2 Å². The van der Waals surface area contributed by atoms with Crippen LogP contribution in [-0.4, -0.2) is 25.1 Å². The lowest BCUT2D eigenvalue weighted by Gasteiger charge is -2.10. The highest BCUT2D eigenvalue weighted by Crippen LogP contribution is 2.21. The van der Waals surface area contributed by atoms with E-state index in [0.717, 1.165) is 22.6 Å². The van der Waals surface area contributed by atoms with Gasteiger partial charge >= 0.3 is 0 Å². The molecule has 0 aliphatic rings. The number of hydrazone groups is 1. The summed E-state index contributed by atoms with van der Waals surface area (Å²) in [7, 11) is -3.71. The Morgan fingerprint density at radius 3 is 2.39 bits per heavy atom. The van der Waals surface area contributed by atoms with Gasteiger partial charge in [-0.05, 0) is 44.2 Å². The summed E-state index contributed by atoms with van der Waals surface area (Å²) in [5.41, 5.74) is 5.89. The lowest BCUT2D eigenvalue weighted by atomic mass is 10.2. The number of carbonyl (C=O) groups excluding carboxylic acids is 1. The summed E-state index contributed by atoms with van der Waals surface area (Å²) in [5, 5.41) is 8.96. The monoisotopic (exact) mass is 334 g/mol. The van der Waals surface area contributed by atoms with E-state index >= 15 is 0 Å². The molecule has 8 heteroatoms. The van der Waals surface area contributed by atoms with Crippen molar-refractivity contribution in [3.8, 4) is 5.69 Å². The Hall–Kier alpha value is -2.45. The molecular weight excluding hydrogens is 316 g/mol. The van der Waals surface area contributed by atoms with Crippen molar-refractivity contribution in [2.45, 2.75) is 25.7 Å². The van der Waals surface area contributed by atoms with Crippen LogP contribution in [0.3, 0.4) is 0 Å². The average Bonchev–Trinajstić information content (AvgIpc) is 2.72. The average molecular weight is 334 g/mol. The maximum Gasteiger partial charge on any atom is 0.238 e. The van der Waals surface area contributed by atoms with Crippen molar-refractivity contribution in [2.75, 3.05) is 0 Å². The van der Waals surface area contributed by atoms with Crippen LogP contribution in [0.25, 0.3) is 5.69 Å². The first-order valence-electron chi connectivity index (χ1n) is 6.82. The van der Waals surface area contributed by atoms with E-state index in [0.29, 0.717) is 0 Å². The third kappa shape index (κ3) is 3.85. The number of aryl methyl sites for hydroxylation is 1. The summed E-state index contributed by atoms with van der Waals surface area (Å²) in [6, 6.07) is 8.24. The molecule has 122 valence electrons. The quantitative estimate of drug-likeness (QED) is 0.648. The van der Waals surface area contributed by atoms with Gasteiger partial charge in [-0.3, -0.25) is 4.79 Å². The number of aromatic nitrogens is 1. The number of hydrogen-bond donors (Lipinski definition) is 2. The van der Waals surface area contributed by atoms with Gasteiger partial charge in [0.15, 0.2) is 0 Å². The van der Waals surface area contributed by atoms with Crippen LogP contribution in [0.2, 0.25) is 0 Å². The summed E-state index contributed by atoms with van der Waals surface area (Å²) in [6.07, 6.45) is 1.57. The molecular formula is C15H18N4O3S. The van der Waals surface area contributed by atoms with Crippen LogP contribution in [-0.2, 0) is 14.8 Å². The SMILES string of the molecule is CC(=O)N/N=C\c1cc(C)n(-c2ccc(S(N)(=O)=O)cc2)c1C. The highest BCUT2D eigenvalue weighted by atomic mass is 32.2. The van der Waals surface area contributed by atoms with E-state index in [-0.39, 0.29) is 10.8 Å². The van der Waals surface area contributed by atoms with E-state index < -0.39 is 10.0 Å². The minimum absolute atomic E-state index is 0.0659. The van der Waals surface area contributed by atoms with Crippen molar-refractivity contribution < 1.29 is 13.2 Å². The number of sulfonamides is 1. The van der Waals surface area contributed by atoms with Gasteiger partial charge in [0.2, 0.25) is 15.9 Å². The van der Waals surface area contributed by atoms with E-state index in [2.05, 4.69) is 10.5 Å². The minimum Gasteiger partial charge on any atom is -0.318 e. The molecule has 7 nitrogen and oxygen atoms in total. The van der Waals surface area contributed by atoms with Gasteiger partial charge in [-0.1, -0.05) is 0 Å². The number of rotatable bonds is 4. The predicted molar refractivity (Wildman–Crippen MR) is 88.0 cm³/mol. The Morgan fingerprint density at radius 1 is 1.26 bits per heavy atom. The maximum atomic E-state index is 11.3. The van der Waals surface area contributed by atoms with Gasteiger partial charge in [0.05, 0.1) is 11.1 Å². The molecule has 0 saturated carbocycles. The molecule has 0 spiro atoms. The number of nitrogens with two attached hydrogens (primary N) is 1. The zero-order valence-electron chi connectivity index (χ0n) is 13.1. The second kappa shape index (κ2) is 6.35. The molecule has 1 amide bonds. The summed E-state index contributed by atoms with van der Waals surface area (Å²) < 4.78 is 24.6. The second-order valence-corrected chi connectivity index (χ2v) is 6.69. The first-order valence-corrected chi connectivity index (χ1v) is 8.36. The second-order valence-electron chi connectivity index (χ2n) is 5.13. The van der Waals surface area contributed by atoms with Gasteiger partial charge in [0, 0.05) is 29.6 Å². The van der Waals surface area contributed by atoms with Crippen LogP contribution in [0.5, 0.6) is 0 Å². The number of primary sulfonamides is 1. The van der Waals surface area contributed by atoms with Crippen molar-refractivity contribution in [1.82, 2.24) is 9.99 Å². The zero-order valence-corrected chi connectivity index (χ0v) is 13.9. The molecule has 0 unspecified atom stereocenters. The normalized spacial score (nSPS) is 11.8. The number of hydrogen-bond acceptors (Lipinski definition) is 4. The largest absolute Gasteiger partial charge is 0.318 e. The lowest BCUT2D eigenvalue weighted by Crippen LogP contribution is -2.12. The van der Waals surface area contributed by atoms with E-state index in [4.69, 9.17) is 5.14 Å². The van der Waals surface area contributed by atoms with Crippen molar-refractivity contribution in [3.63, 3.8) is 0 Å². The Balaban J connectivity index is 2.39. The minimum atomic E-state index is -3.71. The fourth-order valence-electron chi connectivity index (χ4n) is 2.29. The number of amides is 1. The fourth-order valence-corrected chi connectivity index (χ4v) is 2.81. The van der Waals surface area contributed by atoms with Gasteiger partial charge < -0.3 is 4.57 Å². The smallest absolute Gasteiger partial charge is 0.238 e. The summed E-state index contributed by atoms with van der Waals surface area (Å²) in [6.45, 7) is 5.22. The molecule has 1 aromatic carbocycles. The fraction of sp³-hybridized carbons (Fsp3) is 0.200. The van der Waals surface area contributed by atoms with Gasteiger partial charge in [-0.25, -0.2) is 19.0 Å². The van der Waals surface area contributed by atoms with Crippen molar-refractivity contribution in [3.05, 3.63) is 47.3 Å². The van der Waals surface area contributed by atoms with E-state index in [1.165, 1.54) is 19.1 Å².